The van der Waals surface area contributed by atoms with E-state index in [1.54, 1.807) is 104 Å². The van der Waals surface area contributed by atoms with Crippen molar-refractivity contribution in [1.82, 2.24) is 36.9 Å². The summed E-state index contributed by atoms with van der Waals surface area (Å²) < 4.78 is 27.1. The Kier molecular flexibility index (Phi) is 30.3. The number of H-pyrrole nitrogens is 1. The normalized spacial score (nSPS) is 13.4. The van der Waals surface area contributed by atoms with Gasteiger partial charge in [-0.2, -0.15) is 0 Å². The first-order valence-corrected chi connectivity index (χ1v) is 30.0. The van der Waals surface area contributed by atoms with E-state index in [2.05, 4.69) is 36.9 Å². The molecule has 9 N–H and O–H groups in total. The van der Waals surface area contributed by atoms with Gasteiger partial charge in [0, 0.05) is 43.3 Å². The molecule has 1 heterocycles. The summed E-state index contributed by atoms with van der Waals surface area (Å²) in [5.74, 6) is -6.39. The van der Waals surface area contributed by atoms with E-state index < -0.39 is 112 Å². The summed E-state index contributed by atoms with van der Waals surface area (Å²) in [6.45, 7) is 25.6. The lowest BCUT2D eigenvalue weighted by Crippen LogP contribution is -2.53. The van der Waals surface area contributed by atoms with Crippen molar-refractivity contribution in [2.45, 2.75) is 265 Å². The van der Waals surface area contributed by atoms with Crippen LogP contribution in [0.5, 0.6) is 0 Å². The lowest BCUT2D eigenvalue weighted by Gasteiger charge is -2.27. The van der Waals surface area contributed by atoms with E-state index >= 15 is 0 Å². The minimum atomic E-state index is -1.31. The van der Waals surface area contributed by atoms with Crippen molar-refractivity contribution in [3.05, 3.63) is 35.5 Å². The highest BCUT2D eigenvalue weighted by Crippen LogP contribution is 2.25. The van der Waals surface area contributed by atoms with Crippen LogP contribution in [0.2, 0.25) is 0 Å². The second-order valence-corrected chi connectivity index (χ2v) is 26.4. The molecule has 24 nitrogen and oxygen atoms in total. The van der Waals surface area contributed by atoms with Crippen molar-refractivity contribution in [3.63, 3.8) is 0 Å². The zero-order chi connectivity index (χ0) is 65.2. The van der Waals surface area contributed by atoms with E-state index in [0.717, 1.165) is 10.9 Å². The fourth-order valence-corrected chi connectivity index (χ4v) is 8.63. The summed E-state index contributed by atoms with van der Waals surface area (Å²) >= 11 is 0. The highest BCUT2D eigenvalue weighted by atomic mass is 16.6. The fourth-order valence-electron chi connectivity index (χ4n) is 8.63. The van der Waals surface area contributed by atoms with Gasteiger partial charge in [-0.3, -0.25) is 28.8 Å². The Balaban J connectivity index is 2.05. The van der Waals surface area contributed by atoms with Gasteiger partial charge in [-0.25, -0.2) is 24.0 Å². The van der Waals surface area contributed by atoms with Gasteiger partial charge in [-0.15, -0.1) is 0 Å². The van der Waals surface area contributed by atoms with Gasteiger partial charge in [0.2, 0.25) is 17.7 Å². The number of esters is 4. The van der Waals surface area contributed by atoms with E-state index in [-0.39, 0.29) is 63.1 Å². The predicted molar refractivity (Wildman–Crippen MR) is 323 cm³/mol. The smallest absolute Gasteiger partial charge is 0.407 e. The number of nitrogens with two attached hydrogens (primary N) is 1. The highest BCUT2D eigenvalue weighted by Gasteiger charge is 2.35. The number of benzene rings is 1. The molecule has 0 spiro atoms. The minimum absolute atomic E-state index is 0.0382. The molecule has 86 heavy (non-hydrogen) atoms. The standard InChI is InChI=1S/C62H100N8O16/c1-58(2,3)82-48(73)36-34-45(54(78)84-60(7,8)9)70-56(80)69-44(53(77)83-59(4,5)6)33-35-46(71)64-37-25-18-16-17-19-32-47(72)66-43(31-24-26-38-65-57(81)86-62(13,14)15)52(76)68-42(50(74)55(79)85-61(10,11)12)30-23-21-28-40-39-27-20-22-29-41(39)67-49(40)51(63)75/h20,22,27,29,42-45,67H,16-19,21,23-26,28,30-38H2,1-15H3,(H2,63,75)(H,64,71)(H,65,81)(H,66,72)(H,68,76)(H2,69,70,80)/t42-,43-,44-,45-/m0/s1. The Bertz CT molecular complexity index is 2620. The van der Waals surface area contributed by atoms with Crippen LogP contribution in [-0.2, 0) is 68.5 Å². The SMILES string of the molecule is CC(C)(C)OC(=O)CC[C@H](NC(=O)N[C@@H](CCC(=O)NCCCCCCCC(=O)N[C@@H](CCCCNC(=O)OC(C)(C)C)C(=O)N[C@@H](CCCCc1c(C(N)=O)[nH]c2ccccc12)C(=O)C(=O)OC(C)(C)C)C(=O)OC(C)(C)C)C(=O)OC(C)(C)C. The molecule has 2 rings (SSSR count). The van der Waals surface area contributed by atoms with Crippen LogP contribution in [0.25, 0.3) is 10.9 Å². The molecule has 0 aliphatic heterocycles. The topological polar surface area (TPSA) is 348 Å². The van der Waals surface area contributed by atoms with E-state index in [0.29, 0.717) is 76.3 Å². The first-order valence-electron chi connectivity index (χ1n) is 30.0. The number of ether oxygens (including phenoxy) is 5. The Hall–Kier alpha value is -7.27. The number of carbonyl (C=O) groups excluding carboxylic acids is 11. The van der Waals surface area contributed by atoms with Gasteiger partial charge >= 0.3 is 36.0 Å². The van der Waals surface area contributed by atoms with Crippen LogP contribution in [-0.4, -0.2) is 136 Å². The molecule has 0 bridgehead atoms. The maximum absolute atomic E-state index is 14.1. The molecule has 24 heteroatoms. The van der Waals surface area contributed by atoms with Crippen LogP contribution in [0.1, 0.15) is 223 Å². The highest BCUT2D eigenvalue weighted by molar-refractivity contribution is 6.36. The van der Waals surface area contributed by atoms with Crippen molar-refractivity contribution in [3.8, 4) is 0 Å². The molecule has 0 aliphatic rings. The number of rotatable bonds is 34. The molecule has 7 amide bonds. The number of aryl methyl sites for hydroxylation is 1. The van der Waals surface area contributed by atoms with Crippen LogP contribution in [0.15, 0.2) is 24.3 Å². The fraction of sp³-hybridized carbons (Fsp3) is 0.694. The number of primary amides is 1. The van der Waals surface area contributed by atoms with E-state index in [1.807, 2.05) is 24.3 Å². The molecule has 0 fully saturated rings. The van der Waals surface area contributed by atoms with E-state index in [9.17, 15) is 52.7 Å². The maximum atomic E-state index is 14.1. The molecule has 2 aromatic rings. The predicted octanol–water partition coefficient (Wildman–Crippen LogP) is 7.63. The molecule has 1 aromatic carbocycles. The summed E-state index contributed by atoms with van der Waals surface area (Å²) in [4.78, 5) is 147. The number of fused-ring (bicyclic) bond motifs is 1. The molecule has 4 atom stereocenters. The number of urea groups is 1. The second-order valence-electron chi connectivity index (χ2n) is 26.4. The largest absolute Gasteiger partial charge is 0.460 e. The van der Waals surface area contributed by atoms with Gasteiger partial charge < -0.3 is 66.3 Å². The third-order valence-corrected chi connectivity index (χ3v) is 12.3. The molecule has 484 valence electrons. The third-order valence-electron chi connectivity index (χ3n) is 12.3. The number of nitrogens with one attached hydrogen (secondary N) is 7. The van der Waals surface area contributed by atoms with Crippen molar-refractivity contribution in [1.29, 1.82) is 0 Å². The monoisotopic (exact) mass is 1210 g/mol. The number of amides is 7. The Morgan fingerprint density at radius 1 is 0.477 bits per heavy atom. The van der Waals surface area contributed by atoms with Crippen LogP contribution in [0.4, 0.5) is 9.59 Å². The quantitative estimate of drug-likeness (QED) is 0.0144. The Labute approximate surface area is 507 Å². The summed E-state index contributed by atoms with van der Waals surface area (Å²) in [5, 5.41) is 16.9. The number of alkyl carbamates (subject to hydrolysis) is 1. The van der Waals surface area contributed by atoms with Crippen molar-refractivity contribution in [2.75, 3.05) is 13.1 Å². The number of aromatic amines is 1. The number of hydrogen-bond acceptors (Lipinski definition) is 16. The first kappa shape index (κ1) is 74.8. The van der Waals surface area contributed by atoms with Gasteiger partial charge in [0.1, 0.15) is 51.8 Å². The molecular formula is C62H100N8O16. The van der Waals surface area contributed by atoms with Crippen molar-refractivity contribution in [2.24, 2.45) is 5.73 Å². The number of para-hydroxylation sites is 1. The number of aromatic nitrogens is 1. The summed E-state index contributed by atoms with van der Waals surface area (Å²) in [6, 6.07) is 1.46. The average Bonchev–Trinajstić information content (AvgIpc) is 2.11. The Morgan fingerprint density at radius 3 is 1.55 bits per heavy atom. The molecule has 0 aliphatic carbocycles. The van der Waals surface area contributed by atoms with E-state index in [1.165, 1.54) is 0 Å². The van der Waals surface area contributed by atoms with Crippen molar-refractivity contribution < 1.29 is 76.4 Å². The molecule has 1 aromatic heterocycles. The lowest BCUT2D eigenvalue weighted by atomic mass is 9.99. The van der Waals surface area contributed by atoms with Gasteiger partial charge in [0.15, 0.2) is 0 Å². The second kappa shape index (κ2) is 34.8. The first-order chi connectivity index (χ1) is 39.7. The maximum Gasteiger partial charge on any atom is 0.407 e. The number of Topliss-reactive ketones (excluding diaryl/α,β-unsaturated/α-hetero) is 1. The van der Waals surface area contributed by atoms with Gasteiger partial charge in [0.25, 0.3) is 11.7 Å². The third kappa shape index (κ3) is 32.3. The number of ketones is 1. The molecule has 0 radical (unpaired) electrons. The molecular weight excluding hydrogens is 1110 g/mol. The average molecular weight is 1210 g/mol. The number of carbonyl (C=O) groups is 11. The molecule has 0 saturated carbocycles. The molecule has 0 saturated heterocycles. The number of unbranched alkanes of at least 4 members (excludes halogenated alkanes) is 6. The Morgan fingerprint density at radius 2 is 0.977 bits per heavy atom. The van der Waals surface area contributed by atoms with Crippen LogP contribution < -0.4 is 37.6 Å². The summed E-state index contributed by atoms with van der Waals surface area (Å²) in [5.41, 5.74) is 3.09. The zero-order valence-corrected chi connectivity index (χ0v) is 53.7. The van der Waals surface area contributed by atoms with E-state index in [4.69, 9.17) is 29.4 Å². The molecule has 0 unspecified atom stereocenters. The van der Waals surface area contributed by atoms with Crippen LogP contribution >= 0.6 is 0 Å². The number of hydrogen-bond donors (Lipinski definition) is 8. The van der Waals surface area contributed by atoms with Crippen molar-refractivity contribution >= 4 is 76.3 Å². The van der Waals surface area contributed by atoms with Gasteiger partial charge in [0.05, 0.1) is 6.04 Å². The summed E-state index contributed by atoms with van der Waals surface area (Å²) in [7, 11) is 0. The van der Waals surface area contributed by atoms with Gasteiger partial charge in [-0.05, 0) is 180 Å². The van der Waals surface area contributed by atoms with Crippen LogP contribution in [0, 0.1) is 0 Å². The van der Waals surface area contributed by atoms with Gasteiger partial charge in [-0.1, -0.05) is 43.9 Å². The summed E-state index contributed by atoms with van der Waals surface area (Å²) in [6.07, 6.45) is 4.07. The zero-order valence-electron chi connectivity index (χ0n) is 53.7. The minimum Gasteiger partial charge on any atom is -0.460 e. The lowest BCUT2D eigenvalue weighted by molar-refractivity contribution is -0.163. The van der Waals surface area contributed by atoms with Crippen LogP contribution in [0.3, 0.4) is 0 Å².